The van der Waals surface area contributed by atoms with E-state index in [4.69, 9.17) is 5.26 Å². The van der Waals surface area contributed by atoms with Crippen LogP contribution >= 0.6 is 0 Å². The van der Waals surface area contributed by atoms with Crippen LogP contribution in [-0.2, 0) is 0 Å². The molecule has 2 aromatic carbocycles. The van der Waals surface area contributed by atoms with Crippen LogP contribution in [0.15, 0.2) is 42.5 Å². The van der Waals surface area contributed by atoms with Crippen molar-refractivity contribution in [3.63, 3.8) is 0 Å². The first kappa shape index (κ1) is 9.42. The van der Waals surface area contributed by atoms with E-state index in [2.05, 4.69) is 6.07 Å². The van der Waals surface area contributed by atoms with Gasteiger partial charge < -0.3 is 0 Å². The van der Waals surface area contributed by atoms with Crippen molar-refractivity contribution in [3.8, 4) is 17.2 Å². The monoisotopic (exact) mass is 196 g/mol. The molecule has 0 bridgehead atoms. The van der Waals surface area contributed by atoms with Crippen molar-refractivity contribution in [1.82, 2.24) is 0 Å². The Balaban J connectivity index is 2.68. The number of benzene rings is 2. The summed E-state index contributed by atoms with van der Waals surface area (Å²) in [5, 5.41) is 8.86. The minimum Gasteiger partial charge on any atom is -0.206 e. The average Bonchev–Trinajstić information content (AvgIpc) is 2.29. The Kier molecular flexibility index (Phi) is 2.47. The zero-order chi connectivity index (χ0) is 10.7. The maximum absolute atomic E-state index is 13.6. The summed E-state index contributed by atoms with van der Waals surface area (Å²) in [5.74, 6) is -0.392. The third kappa shape index (κ3) is 1.72. The Morgan fingerprint density at radius 2 is 1.87 bits per heavy atom. The lowest BCUT2D eigenvalue weighted by Gasteiger charge is -2.04. The molecule has 1 nitrogen and oxygen atoms in total. The smallest absolute Gasteiger partial charge is 0.132 e. The number of hydrogen-bond acceptors (Lipinski definition) is 1. The molecule has 0 unspecified atom stereocenters. The van der Waals surface area contributed by atoms with Gasteiger partial charge in [0.25, 0.3) is 0 Å². The third-order valence-corrected chi connectivity index (χ3v) is 2.12. The maximum Gasteiger partial charge on any atom is 0.132 e. The molecule has 0 heterocycles. The van der Waals surface area contributed by atoms with Gasteiger partial charge in [0.15, 0.2) is 0 Å². The van der Waals surface area contributed by atoms with Gasteiger partial charge in [-0.25, -0.2) is 4.39 Å². The van der Waals surface area contributed by atoms with E-state index >= 15 is 0 Å². The van der Waals surface area contributed by atoms with Crippen LogP contribution in [0.25, 0.3) is 11.1 Å². The fourth-order valence-corrected chi connectivity index (χ4v) is 1.45. The molecule has 0 N–H and O–H groups in total. The van der Waals surface area contributed by atoms with Crippen LogP contribution in [0.1, 0.15) is 5.56 Å². The zero-order valence-electron chi connectivity index (χ0n) is 7.87. The molecule has 0 aliphatic heterocycles. The van der Waals surface area contributed by atoms with E-state index in [0.717, 1.165) is 0 Å². The van der Waals surface area contributed by atoms with Crippen molar-refractivity contribution in [2.24, 2.45) is 0 Å². The molecule has 0 atom stereocenters. The highest BCUT2D eigenvalue weighted by molar-refractivity contribution is 5.70. The molecular weight excluding hydrogens is 189 g/mol. The highest BCUT2D eigenvalue weighted by Crippen LogP contribution is 2.25. The van der Waals surface area contributed by atoms with Crippen molar-refractivity contribution in [3.05, 3.63) is 59.9 Å². The van der Waals surface area contributed by atoms with Crippen molar-refractivity contribution in [2.75, 3.05) is 0 Å². The quantitative estimate of drug-likeness (QED) is 0.687. The van der Waals surface area contributed by atoms with Crippen LogP contribution in [0.3, 0.4) is 0 Å². The van der Waals surface area contributed by atoms with Crippen molar-refractivity contribution < 1.29 is 4.39 Å². The summed E-state index contributed by atoms with van der Waals surface area (Å²) in [4.78, 5) is 0. The largest absolute Gasteiger partial charge is 0.206 e. The Hall–Kier alpha value is -2.14. The average molecular weight is 196 g/mol. The molecule has 0 saturated carbocycles. The SMILES string of the molecule is N#Cc1[c]ccc(F)c1-c1ccccc1. The molecule has 2 rings (SSSR count). The summed E-state index contributed by atoms with van der Waals surface area (Å²) < 4.78 is 13.6. The lowest BCUT2D eigenvalue weighted by atomic mass is 10.00. The summed E-state index contributed by atoms with van der Waals surface area (Å²) in [5.41, 5.74) is 1.25. The van der Waals surface area contributed by atoms with E-state index < -0.39 is 5.82 Å². The van der Waals surface area contributed by atoms with E-state index in [9.17, 15) is 4.39 Å². The van der Waals surface area contributed by atoms with Crippen molar-refractivity contribution in [2.45, 2.75) is 0 Å². The van der Waals surface area contributed by atoms with E-state index in [1.165, 1.54) is 12.1 Å². The molecule has 0 aliphatic rings. The molecule has 0 aromatic heterocycles. The summed E-state index contributed by atoms with van der Waals surface area (Å²) >= 11 is 0. The van der Waals surface area contributed by atoms with Gasteiger partial charge in [-0.2, -0.15) is 5.26 Å². The summed E-state index contributed by atoms with van der Waals surface area (Å²) in [6, 6.07) is 16.4. The highest BCUT2D eigenvalue weighted by atomic mass is 19.1. The van der Waals surface area contributed by atoms with E-state index in [1.807, 2.05) is 24.3 Å². The van der Waals surface area contributed by atoms with Gasteiger partial charge >= 0.3 is 0 Å². The second-order valence-corrected chi connectivity index (χ2v) is 3.05. The molecule has 2 aromatic rings. The van der Waals surface area contributed by atoms with Gasteiger partial charge in [-0.3, -0.25) is 0 Å². The number of halogens is 1. The second-order valence-electron chi connectivity index (χ2n) is 3.05. The molecule has 0 saturated heterocycles. The first-order valence-electron chi connectivity index (χ1n) is 4.48. The molecule has 0 fully saturated rings. The van der Waals surface area contributed by atoms with Gasteiger partial charge in [0, 0.05) is 11.6 Å². The van der Waals surface area contributed by atoms with Gasteiger partial charge in [-0.05, 0) is 11.6 Å². The summed E-state index contributed by atoms with van der Waals surface area (Å²) in [6.45, 7) is 0. The number of nitrogens with zero attached hydrogens (tertiary/aromatic N) is 1. The predicted molar refractivity (Wildman–Crippen MR) is 55.4 cm³/mol. The summed E-state index contributed by atoms with van der Waals surface area (Å²) in [6.07, 6.45) is 0. The number of hydrogen-bond donors (Lipinski definition) is 0. The third-order valence-electron chi connectivity index (χ3n) is 2.12. The van der Waals surface area contributed by atoms with Crippen LogP contribution in [0, 0.1) is 23.2 Å². The van der Waals surface area contributed by atoms with E-state index in [1.54, 1.807) is 12.1 Å². The van der Waals surface area contributed by atoms with Crippen LogP contribution < -0.4 is 0 Å². The molecule has 2 heteroatoms. The molecular formula is C13H7FN. The van der Waals surface area contributed by atoms with Gasteiger partial charge in [-0.15, -0.1) is 0 Å². The first-order chi connectivity index (χ1) is 7.33. The van der Waals surface area contributed by atoms with Crippen LogP contribution in [0.4, 0.5) is 4.39 Å². The summed E-state index contributed by atoms with van der Waals surface area (Å²) in [7, 11) is 0. The zero-order valence-corrected chi connectivity index (χ0v) is 7.87. The van der Waals surface area contributed by atoms with Crippen LogP contribution in [0.2, 0.25) is 0 Å². The second kappa shape index (κ2) is 3.93. The van der Waals surface area contributed by atoms with Crippen molar-refractivity contribution >= 4 is 0 Å². The normalized spacial score (nSPS) is 9.60. The number of rotatable bonds is 1. The molecule has 0 spiro atoms. The standard InChI is InChI=1S/C13H7FN/c14-12-8-4-7-11(9-15)13(12)10-5-2-1-3-6-10/h1-6,8H. The first-order valence-corrected chi connectivity index (χ1v) is 4.48. The molecule has 1 radical (unpaired) electrons. The van der Waals surface area contributed by atoms with Gasteiger partial charge in [0.1, 0.15) is 11.9 Å². The van der Waals surface area contributed by atoms with Crippen LogP contribution in [-0.4, -0.2) is 0 Å². The topological polar surface area (TPSA) is 23.8 Å². The van der Waals surface area contributed by atoms with Gasteiger partial charge in [0.2, 0.25) is 0 Å². The fraction of sp³-hybridized carbons (Fsp3) is 0. The van der Waals surface area contributed by atoms with E-state index in [0.29, 0.717) is 11.1 Å². The minimum absolute atomic E-state index is 0.237. The Labute approximate surface area is 87.4 Å². The minimum atomic E-state index is -0.392. The molecule has 0 aliphatic carbocycles. The van der Waals surface area contributed by atoms with Gasteiger partial charge in [0.05, 0.1) is 5.56 Å². The Bertz CT molecular complexity index is 512. The molecule has 0 amide bonds. The predicted octanol–water partition coefficient (Wildman–Crippen LogP) is 3.16. The highest BCUT2D eigenvalue weighted by Gasteiger charge is 2.09. The lowest BCUT2D eigenvalue weighted by Crippen LogP contribution is -1.89. The van der Waals surface area contributed by atoms with E-state index in [-0.39, 0.29) is 5.56 Å². The van der Waals surface area contributed by atoms with Crippen LogP contribution in [0.5, 0.6) is 0 Å². The number of nitriles is 1. The van der Waals surface area contributed by atoms with Gasteiger partial charge in [-0.1, -0.05) is 36.4 Å². The lowest BCUT2D eigenvalue weighted by molar-refractivity contribution is 0.631. The fourth-order valence-electron chi connectivity index (χ4n) is 1.45. The Morgan fingerprint density at radius 1 is 1.13 bits per heavy atom. The van der Waals surface area contributed by atoms with Crippen molar-refractivity contribution in [1.29, 1.82) is 5.26 Å². The Morgan fingerprint density at radius 3 is 2.53 bits per heavy atom. The maximum atomic E-state index is 13.6. The molecule has 15 heavy (non-hydrogen) atoms. The molecule has 71 valence electrons.